The number of fused-ring (bicyclic) bond motifs is 2. The number of rotatable bonds is 1. The first-order valence-corrected chi connectivity index (χ1v) is 10.4. The molecule has 3 rings (SSSR count). The highest BCUT2D eigenvalue weighted by Gasteiger charge is 2.19. The van der Waals surface area contributed by atoms with Gasteiger partial charge >= 0.3 is 5.97 Å². The van der Waals surface area contributed by atoms with Gasteiger partial charge in [-0.1, -0.05) is 17.7 Å². The van der Waals surface area contributed by atoms with Crippen molar-refractivity contribution in [2.75, 3.05) is 17.0 Å². The number of carbonyl (C=O) groups is 1. The molecule has 0 fully saturated rings. The van der Waals surface area contributed by atoms with Crippen LogP contribution in [-0.2, 0) is 17.7 Å². The van der Waals surface area contributed by atoms with Gasteiger partial charge in [-0.05, 0) is 68.7 Å². The van der Waals surface area contributed by atoms with E-state index >= 15 is 0 Å². The molecular weight excluding hydrogens is 382 g/mol. The number of hydrogen-bond acceptors (Lipinski definition) is 5. The zero-order valence-electron chi connectivity index (χ0n) is 15.8. The monoisotopic (exact) mass is 405 g/mol. The number of halogens is 1. The summed E-state index contributed by atoms with van der Waals surface area (Å²) in [7, 11) is 0. The van der Waals surface area contributed by atoms with Crippen LogP contribution < -0.4 is 10.1 Å². The Labute approximate surface area is 169 Å². The lowest BCUT2D eigenvalue weighted by atomic mass is 10.0. The van der Waals surface area contributed by atoms with E-state index in [0.717, 1.165) is 28.6 Å². The van der Waals surface area contributed by atoms with E-state index in [4.69, 9.17) is 21.1 Å². The van der Waals surface area contributed by atoms with Gasteiger partial charge < -0.3 is 14.8 Å². The number of aryl methyl sites for hydroxylation is 1. The molecule has 144 valence electrons. The van der Waals surface area contributed by atoms with Crippen LogP contribution in [0.4, 0.5) is 5.69 Å². The second-order valence-electron chi connectivity index (χ2n) is 7.40. The minimum Gasteiger partial charge on any atom is -0.481 e. The summed E-state index contributed by atoms with van der Waals surface area (Å²) in [5.41, 5.74) is 3.16. The van der Waals surface area contributed by atoms with Crippen molar-refractivity contribution in [2.24, 2.45) is 0 Å². The molecular formula is C21H24ClNO3S. The summed E-state index contributed by atoms with van der Waals surface area (Å²) >= 11 is 7.89. The largest absolute Gasteiger partial charge is 0.481 e. The fourth-order valence-electron chi connectivity index (χ4n) is 2.79. The molecule has 1 heterocycles. The molecule has 0 unspecified atom stereocenters. The van der Waals surface area contributed by atoms with Gasteiger partial charge in [0.25, 0.3) is 0 Å². The van der Waals surface area contributed by atoms with E-state index in [-0.39, 0.29) is 5.97 Å². The van der Waals surface area contributed by atoms with E-state index in [1.807, 2.05) is 45.0 Å². The number of nitrogens with one attached hydrogen (secondary N) is 1. The molecule has 0 saturated carbocycles. The van der Waals surface area contributed by atoms with Crippen LogP contribution in [0.1, 0.15) is 42.3 Å². The molecule has 6 heteroatoms. The minimum atomic E-state index is -0.534. The van der Waals surface area contributed by atoms with Crippen molar-refractivity contribution in [3.63, 3.8) is 0 Å². The van der Waals surface area contributed by atoms with Crippen LogP contribution in [-0.4, -0.2) is 23.3 Å². The third-order valence-electron chi connectivity index (χ3n) is 4.07. The number of thioether (sulfide) groups is 1. The Hall–Kier alpha value is -1.85. The Bertz CT molecular complexity index is 833. The summed E-state index contributed by atoms with van der Waals surface area (Å²) in [6.45, 7) is 6.20. The van der Waals surface area contributed by atoms with Crippen LogP contribution in [0.5, 0.6) is 5.75 Å². The molecule has 27 heavy (non-hydrogen) atoms. The van der Waals surface area contributed by atoms with Gasteiger partial charge in [-0.25, -0.2) is 4.79 Å². The predicted octanol–water partition coefficient (Wildman–Crippen LogP) is 5.53. The quantitative estimate of drug-likeness (QED) is 0.632. The molecule has 4 nitrogen and oxygen atoms in total. The molecule has 0 bridgehead atoms. The van der Waals surface area contributed by atoms with E-state index in [1.54, 1.807) is 23.9 Å². The molecule has 0 spiro atoms. The molecule has 2 aromatic rings. The SMILES string of the molecule is CC(C)(C)OC(=O)c1ccc2c(c1)NCc1ccc(Cl)cc1CCSCO2. The second kappa shape index (κ2) is 8.44. The van der Waals surface area contributed by atoms with Crippen molar-refractivity contribution < 1.29 is 14.3 Å². The van der Waals surface area contributed by atoms with Gasteiger partial charge in [0.1, 0.15) is 17.3 Å². The molecule has 0 aromatic heterocycles. The molecule has 0 aliphatic carbocycles. The molecule has 0 radical (unpaired) electrons. The van der Waals surface area contributed by atoms with Crippen LogP contribution in [0.3, 0.4) is 0 Å². The number of esters is 1. The van der Waals surface area contributed by atoms with E-state index in [1.165, 1.54) is 11.1 Å². The maximum Gasteiger partial charge on any atom is 0.338 e. The van der Waals surface area contributed by atoms with Crippen LogP contribution in [0, 0.1) is 0 Å². The summed E-state index contributed by atoms with van der Waals surface area (Å²) in [5, 5.41) is 4.16. The van der Waals surface area contributed by atoms with Crippen molar-refractivity contribution in [3.05, 3.63) is 58.1 Å². The number of ether oxygens (including phenoxy) is 2. The van der Waals surface area contributed by atoms with Gasteiger partial charge in [0.05, 0.1) is 11.3 Å². The number of anilines is 1. The zero-order valence-corrected chi connectivity index (χ0v) is 17.4. The third-order valence-corrected chi connectivity index (χ3v) is 5.08. The van der Waals surface area contributed by atoms with Crippen molar-refractivity contribution in [3.8, 4) is 5.75 Å². The van der Waals surface area contributed by atoms with Gasteiger partial charge in [0, 0.05) is 17.3 Å². The first-order valence-electron chi connectivity index (χ1n) is 8.91. The number of carbonyl (C=O) groups excluding carboxylic acids is 1. The van der Waals surface area contributed by atoms with Gasteiger partial charge in [-0.2, -0.15) is 0 Å². The van der Waals surface area contributed by atoms with E-state index < -0.39 is 5.60 Å². The van der Waals surface area contributed by atoms with Crippen LogP contribution in [0.2, 0.25) is 5.02 Å². The summed E-state index contributed by atoms with van der Waals surface area (Å²) < 4.78 is 11.4. The lowest BCUT2D eigenvalue weighted by Gasteiger charge is -2.20. The average molecular weight is 406 g/mol. The molecule has 1 aliphatic rings. The van der Waals surface area contributed by atoms with E-state index in [0.29, 0.717) is 18.0 Å². The lowest BCUT2D eigenvalue weighted by molar-refractivity contribution is 0.00696. The average Bonchev–Trinajstić information content (AvgIpc) is 2.63. The predicted molar refractivity (Wildman–Crippen MR) is 112 cm³/mol. The van der Waals surface area contributed by atoms with E-state index in [9.17, 15) is 4.79 Å². The van der Waals surface area contributed by atoms with Crippen molar-refractivity contribution >= 4 is 35.0 Å². The normalized spacial score (nSPS) is 14.7. The molecule has 1 N–H and O–H groups in total. The summed E-state index contributed by atoms with van der Waals surface area (Å²) in [5.74, 6) is 1.89. The highest BCUT2D eigenvalue weighted by Crippen LogP contribution is 2.30. The topological polar surface area (TPSA) is 47.6 Å². The fourth-order valence-corrected chi connectivity index (χ4v) is 3.68. The first-order chi connectivity index (χ1) is 12.8. The smallest absolute Gasteiger partial charge is 0.338 e. The highest BCUT2D eigenvalue weighted by atomic mass is 35.5. The second-order valence-corrected chi connectivity index (χ2v) is 8.89. The van der Waals surface area contributed by atoms with E-state index in [2.05, 4.69) is 5.32 Å². The third kappa shape index (κ3) is 5.56. The van der Waals surface area contributed by atoms with Crippen molar-refractivity contribution in [1.82, 2.24) is 0 Å². The first kappa shape index (κ1) is 19.9. The van der Waals surface area contributed by atoms with Crippen LogP contribution in [0.15, 0.2) is 36.4 Å². The number of hydrogen-bond donors (Lipinski definition) is 1. The maximum absolute atomic E-state index is 12.4. The fraction of sp³-hybridized carbons (Fsp3) is 0.381. The van der Waals surface area contributed by atoms with Gasteiger partial charge in [-0.3, -0.25) is 0 Å². The summed E-state index contributed by atoms with van der Waals surface area (Å²) in [6.07, 6.45) is 0.936. The molecule has 0 amide bonds. The van der Waals surface area contributed by atoms with Crippen molar-refractivity contribution in [1.29, 1.82) is 0 Å². The number of benzene rings is 2. The van der Waals surface area contributed by atoms with Crippen LogP contribution in [0.25, 0.3) is 0 Å². The highest BCUT2D eigenvalue weighted by molar-refractivity contribution is 7.99. The Kier molecular flexibility index (Phi) is 6.22. The Balaban J connectivity index is 1.88. The Morgan fingerprint density at radius 1 is 1.19 bits per heavy atom. The summed E-state index contributed by atoms with van der Waals surface area (Å²) in [6, 6.07) is 11.3. The van der Waals surface area contributed by atoms with Crippen molar-refractivity contribution in [2.45, 2.75) is 39.3 Å². The standard InChI is InChI=1S/C21H24ClNO3S/c1-21(2,3)26-20(24)15-5-7-19-18(11-15)23-12-16-4-6-17(22)10-14(16)8-9-27-13-25-19/h4-7,10-11,23H,8-9,12-13H2,1-3H3. The van der Waals surface area contributed by atoms with Crippen LogP contribution >= 0.6 is 23.4 Å². The summed E-state index contributed by atoms with van der Waals surface area (Å²) in [4.78, 5) is 12.4. The molecule has 0 atom stereocenters. The van der Waals surface area contributed by atoms with Gasteiger partial charge in [0.15, 0.2) is 0 Å². The molecule has 1 aliphatic heterocycles. The Morgan fingerprint density at radius 3 is 2.78 bits per heavy atom. The zero-order chi connectivity index (χ0) is 19.4. The lowest BCUT2D eigenvalue weighted by Crippen LogP contribution is -2.24. The molecule has 0 saturated heterocycles. The van der Waals surface area contributed by atoms with Gasteiger partial charge in [-0.15, -0.1) is 11.8 Å². The Morgan fingerprint density at radius 2 is 2.00 bits per heavy atom. The van der Waals surface area contributed by atoms with Gasteiger partial charge in [0.2, 0.25) is 0 Å². The maximum atomic E-state index is 12.4. The minimum absolute atomic E-state index is 0.344. The molecule has 2 aromatic carbocycles.